The monoisotopic (exact) mass is 456 g/mol. The number of fused-ring (bicyclic) bond motifs is 1. The summed E-state index contributed by atoms with van der Waals surface area (Å²) in [6.45, 7) is 3.43. The van der Waals surface area contributed by atoms with Crippen LogP contribution in [-0.2, 0) is 16.1 Å². The van der Waals surface area contributed by atoms with Crippen LogP contribution in [-0.4, -0.2) is 49.4 Å². The highest BCUT2D eigenvalue weighted by Gasteiger charge is 2.22. The number of nitrogens with two attached hydrogens (primary N) is 3. The van der Waals surface area contributed by atoms with E-state index in [9.17, 15) is 9.59 Å². The predicted octanol–water partition coefficient (Wildman–Crippen LogP) is 1.12. The van der Waals surface area contributed by atoms with E-state index in [2.05, 4.69) is 19.9 Å². The third-order valence-electron chi connectivity index (χ3n) is 4.72. The summed E-state index contributed by atoms with van der Waals surface area (Å²) in [6.07, 6.45) is 3.37. The summed E-state index contributed by atoms with van der Waals surface area (Å²) >= 11 is 1.48. The Morgan fingerprint density at radius 2 is 1.84 bits per heavy atom. The van der Waals surface area contributed by atoms with Gasteiger partial charge in [0.2, 0.25) is 11.9 Å². The van der Waals surface area contributed by atoms with Crippen LogP contribution in [0.5, 0.6) is 5.75 Å². The van der Waals surface area contributed by atoms with E-state index in [1.165, 1.54) is 29.8 Å². The van der Waals surface area contributed by atoms with Crippen LogP contribution in [0, 0.1) is 0 Å². The van der Waals surface area contributed by atoms with Gasteiger partial charge in [-0.05, 0) is 30.5 Å². The summed E-state index contributed by atoms with van der Waals surface area (Å²) < 4.78 is 5.34. The second kappa shape index (κ2) is 9.75. The van der Waals surface area contributed by atoms with Gasteiger partial charge in [0.05, 0.1) is 18.4 Å². The number of hydrogen-bond acceptors (Lipinski definition) is 11. The van der Waals surface area contributed by atoms with Crippen molar-refractivity contribution in [2.24, 2.45) is 5.73 Å². The minimum absolute atomic E-state index is 0.00654. The molecule has 1 amide bonds. The van der Waals surface area contributed by atoms with Crippen molar-refractivity contribution in [3.05, 3.63) is 36.2 Å². The molecule has 2 atom stereocenters. The normalized spacial score (nSPS) is 12.9. The van der Waals surface area contributed by atoms with Gasteiger partial charge in [-0.25, -0.2) is 14.8 Å². The molecule has 11 nitrogen and oxygen atoms in total. The first-order valence-corrected chi connectivity index (χ1v) is 10.9. The summed E-state index contributed by atoms with van der Waals surface area (Å²) in [5.74, 6) is -0.286. The highest BCUT2D eigenvalue weighted by Crippen LogP contribution is 2.23. The maximum Gasteiger partial charge on any atom is 0.329 e. The lowest BCUT2D eigenvalue weighted by atomic mass is 10.2. The van der Waals surface area contributed by atoms with Crippen molar-refractivity contribution >= 4 is 52.3 Å². The lowest BCUT2D eigenvalue weighted by Crippen LogP contribution is -2.41. The topological polar surface area (TPSA) is 176 Å². The highest BCUT2D eigenvalue weighted by molar-refractivity contribution is 7.99. The maximum absolute atomic E-state index is 12.3. The third kappa shape index (κ3) is 5.21. The molecule has 0 bridgehead atoms. The molecule has 0 aliphatic heterocycles. The van der Waals surface area contributed by atoms with Crippen molar-refractivity contribution in [3.8, 4) is 5.75 Å². The Kier molecular flexibility index (Phi) is 7.05. The van der Waals surface area contributed by atoms with Gasteiger partial charge in [0.25, 0.3) is 0 Å². The molecule has 0 saturated heterocycles. The highest BCUT2D eigenvalue weighted by atomic mass is 32.2. The van der Waals surface area contributed by atoms with Crippen LogP contribution < -0.4 is 26.8 Å². The quantitative estimate of drug-likeness (QED) is 0.343. The fourth-order valence-corrected chi connectivity index (χ4v) is 3.23. The molecule has 3 rings (SSSR count). The van der Waals surface area contributed by atoms with Gasteiger partial charge in [0.15, 0.2) is 17.0 Å². The van der Waals surface area contributed by atoms with E-state index in [4.69, 9.17) is 21.9 Å². The van der Waals surface area contributed by atoms with Crippen LogP contribution in [0.2, 0.25) is 0 Å². The van der Waals surface area contributed by atoms with E-state index in [-0.39, 0.29) is 35.1 Å². The van der Waals surface area contributed by atoms with Gasteiger partial charge >= 0.3 is 5.97 Å². The fourth-order valence-electron chi connectivity index (χ4n) is 2.82. The van der Waals surface area contributed by atoms with Crippen LogP contribution in [0.1, 0.15) is 19.5 Å². The molecular formula is C20H24N8O3S. The second-order valence-corrected chi connectivity index (χ2v) is 8.20. The van der Waals surface area contributed by atoms with E-state index >= 15 is 0 Å². The number of amides is 1. The Morgan fingerprint density at radius 1 is 1.16 bits per heavy atom. The molecule has 3 aromatic rings. The smallest absolute Gasteiger partial charge is 0.329 e. The van der Waals surface area contributed by atoms with Gasteiger partial charge in [-0.15, -0.1) is 0 Å². The molecule has 2 unspecified atom stereocenters. The molecular weight excluding hydrogens is 432 g/mol. The lowest BCUT2D eigenvalue weighted by Gasteiger charge is -2.21. The number of nitrogens with zero attached hydrogens (tertiary/aromatic N) is 5. The van der Waals surface area contributed by atoms with Crippen molar-refractivity contribution in [2.45, 2.75) is 31.7 Å². The summed E-state index contributed by atoms with van der Waals surface area (Å²) in [5, 5.41) is -0.0751. The molecule has 0 fully saturated rings. The average molecular weight is 457 g/mol. The van der Waals surface area contributed by atoms with E-state index in [1.807, 2.05) is 13.2 Å². The minimum atomic E-state index is -0.739. The van der Waals surface area contributed by atoms with Gasteiger partial charge in [-0.3, -0.25) is 4.79 Å². The first-order valence-electron chi connectivity index (χ1n) is 9.62. The largest absolute Gasteiger partial charge is 0.425 e. The molecule has 6 N–H and O–H groups in total. The Labute approximate surface area is 188 Å². The fraction of sp³-hybridized carbons (Fsp3) is 0.300. The van der Waals surface area contributed by atoms with Crippen molar-refractivity contribution in [3.63, 3.8) is 0 Å². The van der Waals surface area contributed by atoms with Gasteiger partial charge in [0, 0.05) is 17.9 Å². The number of hydrogen-bond donors (Lipinski definition) is 3. The number of thioether (sulfide) groups is 1. The third-order valence-corrected chi connectivity index (χ3v) is 5.75. The zero-order chi connectivity index (χ0) is 23.4. The van der Waals surface area contributed by atoms with Crippen molar-refractivity contribution < 1.29 is 14.3 Å². The average Bonchev–Trinajstić information content (AvgIpc) is 2.77. The predicted molar refractivity (Wildman–Crippen MR) is 124 cm³/mol. The van der Waals surface area contributed by atoms with Crippen molar-refractivity contribution in [2.75, 3.05) is 22.6 Å². The number of benzene rings is 1. The summed E-state index contributed by atoms with van der Waals surface area (Å²) in [5.41, 5.74) is 19.0. The Bertz CT molecular complexity index is 1140. The molecule has 32 heavy (non-hydrogen) atoms. The van der Waals surface area contributed by atoms with Gasteiger partial charge < -0.3 is 26.8 Å². The van der Waals surface area contributed by atoms with E-state index in [1.54, 1.807) is 24.3 Å². The standard InChI is InChI=1S/C20H24N8O3S/c1-10(32-3)15(21)19(30)31-14-6-4-13(5-7-14)28(11(2)29)9-12-8-24-18-16(25-12)17(22)26-20(23)27-18/h4-8,10,15H,9,21H2,1-3H3,(H4,22,23,24,26,27). The van der Waals surface area contributed by atoms with Gasteiger partial charge in [-0.1, -0.05) is 6.92 Å². The molecule has 2 aromatic heterocycles. The number of anilines is 3. The SMILES string of the molecule is CSC(C)C(N)C(=O)Oc1ccc(N(Cc2cnc3nc(N)nc(N)c3n2)C(C)=O)cc1. The zero-order valence-corrected chi connectivity index (χ0v) is 18.7. The summed E-state index contributed by atoms with van der Waals surface area (Å²) in [4.78, 5) is 42.5. The number of esters is 1. The number of nitrogen functional groups attached to an aromatic ring is 2. The van der Waals surface area contributed by atoms with Crippen LogP contribution in [0.15, 0.2) is 30.5 Å². The first-order chi connectivity index (χ1) is 15.2. The molecule has 0 radical (unpaired) electrons. The molecule has 2 heterocycles. The van der Waals surface area contributed by atoms with Crippen LogP contribution >= 0.6 is 11.8 Å². The number of carbonyl (C=O) groups excluding carboxylic acids is 2. The van der Waals surface area contributed by atoms with Gasteiger partial charge in [-0.2, -0.15) is 21.7 Å². The van der Waals surface area contributed by atoms with Gasteiger partial charge in [0.1, 0.15) is 11.8 Å². The molecule has 0 aliphatic rings. The van der Waals surface area contributed by atoms with E-state index in [0.29, 0.717) is 22.6 Å². The molecule has 0 spiro atoms. The first kappa shape index (κ1) is 23.2. The maximum atomic E-state index is 12.3. The van der Waals surface area contributed by atoms with E-state index in [0.717, 1.165) is 0 Å². The van der Waals surface area contributed by atoms with Crippen molar-refractivity contribution in [1.82, 2.24) is 19.9 Å². The number of carbonyl (C=O) groups is 2. The minimum Gasteiger partial charge on any atom is -0.425 e. The molecule has 0 saturated carbocycles. The molecule has 1 aromatic carbocycles. The number of ether oxygens (including phenoxy) is 1. The molecule has 12 heteroatoms. The Balaban J connectivity index is 1.78. The van der Waals surface area contributed by atoms with Crippen LogP contribution in [0.3, 0.4) is 0 Å². The zero-order valence-electron chi connectivity index (χ0n) is 17.8. The summed E-state index contributed by atoms with van der Waals surface area (Å²) in [7, 11) is 0. The Morgan fingerprint density at radius 3 is 2.47 bits per heavy atom. The van der Waals surface area contributed by atoms with E-state index < -0.39 is 12.0 Å². The summed E-state index contributed by atoms with van der Waals surface area (Å²) in [6, 6.07) is 5.79. The molecule has 0 aliphatic carbocycles. The number of rotatable bonds is 7. The van der Waals surface area contributed by atoms with Crippen LogP contribution in [0.4, 0.5) is 17.5 Å². The lowest BCUT2D eigenvalue weighted by molar-refractivity contribution is -0.135. The second-order valence-electron chi connectivity index (χ2n) is 6.99. The Hall–Kier alpha value is -3.51. The molecule has 168 valence electrons. The van der Waals surface area contributed by atoms with Crippen LogP contribution in [0.25, 0.3) is 11.2 Å². The van der Waals surface area contributed by atoms with Crippen molar-refractivity contribution in [1.29, 1.82) is 0 Å². The number of aromatic nitrogens is 4.